The normalized spacial score (nSPS) is 23.4. The van der Waals surface area contributed by atoms with Crippen LogP contribution in [0.3, 0.4) is 0 Å². The fourth-order valence-corrected chi connectivity index (χ4v) is 2.29. The van der Waals surface area contributed by atoms with E-state index in [0.29, 0.717) is 44.4 Å². The number of nitrogens with one attached hydrogen (secondary N) is 1. The molecule has 6 heteroatoms. The molecular weight excluding hydrogens is 294 g/mol. The van der Waals surface area contributed by atoms with Crippen LogP contribution in [0.25, 0.3) is 0 Å². The zero-order valence-corrected chi connectivity index (χ0v) is 12.7. The van der Waals surface area contributed by atoms with Crippen LogP contribution in [-0.2, 0) is 16.1 Å². The van der Waals surface area contributed by atoms with E-state index in [4.69, 9.17) is 21.1 Å². The second-order valence-electron chi connectivity index (χ2n) is 5.45. The van der Waals surface area contributed by atoms with Gasteiger partial charge in [-0.3, -0.25) is 0 Å². The van der Waals surface area contributed by atoms with E-state index < -0.39 is 11.7 Å². The Morgan fingerprint density at radius 1 is 1.38 bits per heavy atom. The Bertz CT molecular complexity index is 420. The highest BCUT2D eigenvalue weighted by Crippen LogP contribution is 2.16. The first-order chi connectivity index (χ1) is 10.1. The number of aliphatic hydroxyl groups excluding tert-OH is 1. The summed E-state index contributed by atoms with van der Waals surface area (Å²) >= 11 is 5.80. The molecule has 1 fully saturated rings. The molecule has 1 aliphatic rings. The van der Waals surface area contributed by atoms with Gasteiger partial charge >= 0.3 is 0 Å². The second-order valence-corrected chi connectivity index (χ2v) is 5.89. The van der Waals surface area contributed by atoms with E-state index in [9.17, 15) is 10.2 Å². The van der Waals surface area contributed by atoms with Crippen LogP contribution in [0.2, 0.25) is 5.02 Å². The van der Waals surface area contributed by atoms with Crippen molar-refractivity contribution in [2.75, 3.05) is 32.9 Å². The molecule has 5 nitrogen and oxygen atoms in total. The predicted octanol–water partition coefficient (Wildman–Crippen LogP) is 0.958. The summed E-state index contributed by atoms with van der Waals surface area (Å²) in [5.41, 5.74) is 0.209. The molecule has 3 N–H and O–H groups in total. The molecule has 0 amide bonds. The number of hydrogen-bond donors (Lipinski definition) is 3. The van der Waals surface area contributed by atoms with Gasteiger partial charge in [-0.15, -0.1) is 0 Å². The van der Waals surface area contributed by atoms with E-state index in [1.807, 2.05) is 24.3 Å². The number of hydrogen-bond acceptors (Lipinski definition) is 5. The maximum absolute atomic E-state index is 10.0. The van der Waals surface area contributed by atoms with Gasteiger partial charge in [-0.05, 0) is 17.7 Å². The van der Waals surface area contributed by atoms with Crippen molar-refractivity contribution in [1.29, 1.82) is 0 Å². The minimum absolute atomic E-state index is 0.241. The van der Waals surface area contributed by atoms with Crippen LogP contribution in [0, 0.1) is 0 Å². The molecule has 0 radical (unpaired) electrons. The van der Waals surface area contributed by atoms with Crippen LogP contribution in [0.15, 0.2) is 24.3 Å². The van der Waals surface area contributed by atoms with Crippen molar-refractivity contribution in [3.8, 4) is 0 Å². The van der Waals surface area contributed by atoms with Gasteiger partial charge in [-0.2, -0.15) is 0 Å². The first kappa shape index (κ1) is 16.7. The monoisotopic (exact) mass is 315 g/mol. The molecule has 1 aromatic carbocycles. The molecule has 1 aliphatic heterocycles. The summed E-state index contributed by atoms with van der Waals surface area (Å²) in [5.74, 6) is 0. The van der Waals surface area contributed by atoms with Gasteiger partial charge in [0.2, 0.25) is 0 Å². The zero-order valence-electron chi connectivity index (χ0n) is 11.9. The van der Waals surface area contributed by atoms with Crippen molar-refractivity contribution in [1.82, 2.24) is 5.32 Å². The maximum Gasteiger partial charge on any atom is 0.102 e. The molecule has 2 atom stereocenters. The lowest BCUT2D eigenvalue weighted by Gasteiger charge is -2.21. The van der Waals surface area contributed by atoms with Gasteiger partial charge < -0.3 is 25.0 Å². The van der Waals surface area contributed by atoms with Crippen molar-refractivity contribution < 1.29 is 19.7 Å². The Morgan fingerprint density at radius 2 is 2.14 bits per heavy atom. The van der Waals surface area contributed by atoms with Crippen molar-refractivity contribution in [2.45, 2.75) is 24.7 Å². The third kappa shape index (κ3) is 5.90. The number of ether oxygens (including phenoxy) is 2. The van der Waals surface area contributed by atoms with E-state index in [2.05, 4.69) is 5.32 Å². The van der Waals surface area contributed by atoms with Crippen molar-refractivity contribution >= 4 is 11.6 Å². The molecule has 0 saturated carbocycles. The lowest BCUT2D eigenvalue weighted by atomic mass is 10.0. The molecule has 0 aliphatic carbocycles. The first-order valence-corrected chi connectivity index (χ1v) is 7.46. The number of benzene rings is 1. The second kappa shape index (κ2) is 8.08. The van der Waals surface area contributed by atoms with Crippen LogP contribution >= 0.6 is 11.6 Å². The summed E-state index contributed by atoms with van der Waals surface area (Å²) in [6.45, 7) is 2.41. The van der Waals surface area contributed by atoms with Crippen LogP contribution in [-0.4, -0.2) is 54.8 Å². The zero-order chi connectivity index (χ0) is 15.1. The molecular formula is C15H22ClNO4. The molecule has 0 bridgehead atoms. The Labute approximate surface area is 129 Å². The molecule has 118 valence electrons. The summed E-state index contributed by atoms with van der Waals surface area (Å²) < 4.78 is 10.6. The fourth-order valence-electron chi connectivity index (χ4n) is 2.16. The number of halogens is 1. The largest absolute Gasteiger partial charge is 0.389 e. The van der Waals surface area contributed by atoms with Crippen LogP contribution < -0.4 is 5.32 Å². The van der Waals surface area contributed by atoms with E-state index >= 15 is 0 Å². The highest BCUT2D eigenvalue weighted by atomic mass is 35.5. The maximum atomic E-state index is 10.0. The third-order valence-electron chi connectivity index (χ3n) is 3.41. The Morgan fingerprint density at radius 3 is 2.81 bits per heavy atom. The van der Waals surface area contributed by atoms with Gasteiger partial charge in [0.25, 0.3) is 0 Å². The number of aliphatic hydroxyl groups is 2. The van der Waals surface area contributed by atoms with Gasteiger partial charge in [-0.25, -0.2) is 0 Å². The van der Waals surface area contributed by atoms with Gasteiger partial charge in [0, 0.05) is 31.1 Å². The first-order valence-electron chi connectivity index (χ1n) is 7.08. The quantitative estimate of drug-likeness (QED) is 0.666. The molecule has 2 rings (SSSR count). The average Bonchev–Trinajstić information content (AvgIpc) is 2.88. The Kier molecular flexibility index (Phi) is 6.41. The minimum Gasteiger partial charge on any atom is -0.389 e. The van der Waals surface area contributed by atoms with Gasteiger partial charge in [0.05, 0.1) is 25.9 Å². The summed E-state index contributed by atoms with van der Waals surface area (Å²) in [6, 6.07) is 7.40. The van der Waals surface area contributed by atoms with E-state index in [1.54, 1.807) is 0 Å². The van der Waals surface area contributed by atoms with E-state index in [-0.39, 0.29) is 6.61 Å². The lowest BCUT2D eigenvalue weighted by molar-refractivity contribution is 0.0113. The Balaban J connectivity index is 1.57. The molecule has 1 aromatic rings. The van der Waals surface area contributed by atoms with E-state index in [1.165, 1.54) is 0 Å². The van der Waals surface area contributed by atoms with E-state index in [0.717, 1.165) is 5.56 Å². The molecule has 2 unspecified atom stereocenters. The van der Waals surface area contributed by atoms with Crippen molar-refractivity contribution in [2.24, 2.45) is 0 Å². The fraction of sp³-hybridized carbons (Fsp3) is 0.600. The van der Waals surface area contributed by atoms with Crippen LogP contribution in [0.1, 0.15) is 12.0 Å². The molecule has 0 aromatic heterocycles. The third-order valence-corrected chi connectivity index (χ3v) is 3.66. The van der Waals surface area contributed by atoms with Gasteiger partial charge in [0.1, 0.15) is 5.60 Å². The molecule has 1 saturated heterocycles. The predicted molar refractivity (Wildman–Crippen MR) is 80.4 cm³/mol. The van der Waals surface area contributed by atoms with Crippen LogP contribution in [0.4, 0.5) is 0 Å². The summed E-state index contributed by atoms with van der Waals surface area (Å²) in [6.07, 6.45) is 0.0200. The minimum atomic E-state index is -0.802. The smallest absolute Gasteiger partial charge is 0.102 e. The molecule has 1 heterocycles. The number of rotatable bonds is 8. The SMILES string of the molecule is OC(CNCC1(O)CCOC1)COCc1ccc(Cl)cc1. The Hall–Kier alpha value is -0.690. The average molecular weight is 316 g/mol. The van der Waals surface area contributed by atoms with Crippen molar-refractivity contribution in [3.63, 3.8) is 0 Å². The summed E-state index contributed by atoms with van der Waals surface area (Å²) in [4.78, 5) is 0. The topological polar surface area (TPSA) is 71.0 Å². The summed E-state index contributed by atoms with van der Waals surface area (Å²) in [7, 11) is 0. The molecule has 0 spiro atoms. The highest BCUT2D eigenvalue weighted by Gasteiger charge is 2.31. The lowest BCUT2D eigenvalue weighted by Crippen LogP contribution is -2.44. The van der Waals surface area contributed by atoms with Gasteiger partial charge in [-0.1, -0.05) is 23.7 Å². The van der Waals surface area contributed by atoms with Crippen LogP contribution in [0.5, 0.6) is 0 Å². The summed E-state index contributed by atoms with van der Waals surface area (Å²) in [5, 5.41) is 23.6. The highest BCUT2D eigenvalue weighted by molar-refractivity contribution is 6.30. The molecule has 21 heavy (non-hydrogen) atoms. The standard InChI is InChI=1S/C15H22ClNO4/c16-13-3-1-12(2-4-13)8-21-9-14(18)7-17-10-15(19)5-6-20-11-15/h1-4,14,17-19H,5-11H2. The van der Waals surface area contributed by atoms with Gasteiger partial charge in [0.15, 0.2) is 0 Å². The van der Waals surface area contributed by atoms with Crippen molar-refractivity contribution in [3.05, 3.63) is 34.9 Å².